The Morgan fingerprint density at radius 1 is 0.782 bits per heavy atom. The van der Waals surface area contributed by atoms with Crippen LogP contribution in [-0.2, 0) is 33.3 Å². The van der Waals surface area contributed by atoms with E-state index in [1.807, 2.05) is 0 Å². The van der Waals surface area contributed by atoms with E-state index in [0.29, 0.717) is 18.8 Å². The summed E-state index contributed by atoms with van der Waals surface area (Å²) in [7, 11) is 1.15. The number of ether oxygens (including phenoxy) is 5. The first-order valence-electron chi connectivity index (χ1n) is 20.6. The summed E-state index contributed by atoms with van der Waals surface area (Å²) in [5.74, 6) is -0.884. The van der Waals surface area contributed by atoms with E-state index >= 15 is 0 Å². The van der Waals surface area contributed by atoms with E-state index < -0.39 is 84.2 Å². The molecule has 0 aromatic heterocycles. The fourth-order valence-electron chi connectivity index (χ4n) is 13.5. The van der Waals surface area contributed by atoms with Crippen LogP contribution < -0.4 is 0 Å². The molecule has 0 unspecified atom stereocenters. The van der Waals surface area contributed by atoms with E-state index in [-0.39, 0.29) is 40.1 Å². The molecule has 55 heavy (non-hydrogen) atoms. The van der Waals surface area contributed by atoms with Crippen molar-refractivity contribution >= 4 is 11.9 Å². The number of carboxylic acid groups (broad SMARTS) is 1. The lowest BCUT2D eigenvalue weighted by Crippen LogP contribution is -2.67. The molecule has 2 aliphatic heterocycles. The smallest absolute Gasteiger partial charge is 0.337 e. The Hall–Kier alpha value is -1.68. The number of rotatable bonds is 6. The van der Waals surface area contributed by atoms with E-state index in [1.54, 1.807) is 0 Å². The third-order valence-electron chi connectivity index (χ3n) is 17.0. The van der Waals surface area contributed by atoms with Crippen molar-refractivity contribution in [1.82, 2.24) is 0 Å². The number of aliphatic hydroxyl groups is 5. The largest absolute Gasteiger partial charge is 0.481 e. The Bertz CT molecular complexity index is 1530. The molecule has 13 heteroatoms. The van der Waals surface area contributed by atoms with E-state index in [9.17, 15) is 40.2 Å². The number of hydrogen-bond donors (Lipinski definition) is 6. The number of carboxylic acids is 1. The molecule has 0 aromatic carbocycles. The van der Waals surface area contributed by atoms with Crippen LogP contribution in [0.3, 0.4) is 0 Å². The lowest BCUT2D eigenvalue weighted by atomic mass is 9.33. The molecule has 13 nitrogen and oxygen atoms in total. The molecule has 6 fully saturated rings. The Balaban J connectivity index is 1.13. The van der Waals surface area contributed by atoms with Crippen molar-refractivity contribution in [1.29, 1.82) is 0 Å². The van der Waals surface area contributed by atoms with Crippen LogP contribution in [0.5, 0.6) is 0 Å². The molecule has 17 atom stereocenters. The van der Waals surface area contributed by atoms with Gasteiger partial charge in [-0.25, -0.2) is 4.79 Å². The Morgan fingerprint density at radius 2 is 1.47 bits per heavy atom. The summed E-state index contributed by atoms with van der Waals surface area (Å²) in [5.41, 5.74) is 0.207. The molecule has 2 saturated heterocycles. The molecular weight excluding hydrogens is 712 g/mol. The van der Waals surface area contributed by atoms with Crippen molar-refractivity contribution in [2.75, 3.05) is 13.7 Å². The minimum Gasteiger partial charge on any atom is -0.481 e. The van der Waals surface area contributed by atoms with Gasteiger partial charge in [0.15, 0.2) is 18.7 Å². The van der Waals surface area contributed by atoms with Crippen LogP contribution in [0.2, 0.25) is 0 Å². The minimum absolute atomic E-state index is 0.0230. The second-order valence-corrected chi connectivity index (χ2v) is 20.4. The summed E-state index contributed by atoms with van der Waals surface area (Å²) in [6, 6.07) is 0. The maximum absolute atomic E-state index is 13.1. The van der Waals surface area contributed by atoms with Crippen LogP contribution in [0.25, 0.3) is 0 Å². The van der Waals surface area contributed by atoms with Gasteiger partial charge in [-0.15, -0.1) is 0 Å². The highest BCUT2D eigenvalue weighted by atomic mass is 16.7. The van der Waals surface area contributed by atoms with Crippen molar-refractivity contribution in [2.45, 2.75) is 174 Å². The van der Waals surface area contributed by atoms with Crippen molar-refractivity contribution in [2.24, 2.45) is 50.2 Å². The van der Waals surface area contributed by atoms with Gasteiger partial charge in [0.05, 0.1) is 25.2 Å². The highest BCUT2D eigenvalue weighted by molar-refractivity contribution is 5.77. The average molecular weight is 779 g/mol. The van der Waals surface area contributed by atoms with Crippen molar-refractivity contribution in [3.63, 3.8) is 0 Å². The van der Waals surface area contributed by atoms with Gasteiger partial charge in [-0.3, -0.25) is 4.79 Å². The van der Waals surface area contributed by atoms with Gasteiger partial charge in [-0.2, -0.15) is 0 Å². The van der Waals surface area contributed by atoms with Crippen LogP contribution >= 0.6 is 0 Å². The average Bonchev–Trinajstić information content (AvgIpc) is 3.11. The molecular formula is C42H66O13. The minimum atomic E-state index is -1.73. The van der Waals surface area contributed by atoms with Crippen LogP contribution in [0, 0.1) is 50.2 Å². The topological polar surface area (TPSA) is 202 Å². The van der Waals surface area contributed by atoms with Gasteiger partial charge in [-0.1, -0.05) is 60.1 Å². The second kappa shape index (κ2) is 14.0. The van der Waals surface area contributed by atoms with E-state index in [4.69, 9.17) is 23.7 Å². The van der Waals surface area contributed by atoms with E-state index in [0.717, 1.165) is 58.5 Å². The highest BCUT2D eigenvalue weighted by Gasteiger charge is 2.69. The number of aliphatic carboxylic acids is 1. The van der Waals surface area contributed by atoms with Gasteiger partial charge in [0.2, 0.25) is 0 Å². The molecule has 0 amide bonds. The number of fused-ring (bicyclic) bond motifs is 7. The Kier molecular flexibility index (Phi) is 10.5. The third kappa shape index (κ3) is 6.19. The highest BCUT2D eigenvalue weighted by Crippen LogP contribution is 2.76. The van der Waals surface area contributed by atoms with Crippen LogP contribution in [0.15, 0.2) is 11.6 Å². The zero-order valence-electron chi connectivity index (χ0n) is 33.9. The number of methoxy groups -OCH3 is 1. The van der Waals surface area contributed by atoms with Gasteiger partial charge in [-0.05, 0) is 109 Å². The first kappa shape index (κ1) is 41.5. The zero-order chi connectivity index (χ0) is 40.3. The molecule has 312 valence electrons. The van der Waals surface area contributed by atoms with Gasteiger partial charge in [0.1, 0.15) is 36.6 Å². The molecule has 0 spiro atoms. The molecule has 5 aliphatic carbocycles. The molecule has 0 radical (unpaired) electrons. The summed E-state index contributed by atoms with van der Waals surface area (Å²) in [5, 5.41) is 64.2. The number of allylic oxidation sites excluding steroid dienone is 2. The molecule has 2 heterocycles. The van der Waals surface area contributed by atoms with Gasteiger partial charge >= 0.3 is 11.9 Å². The molecule has 6 N–H and O–H groups in total. The van der Waals surface area contributed by atoms with Gasteiger partial charge in [0, 0.05) is 0 Å². The van der Waals surface area contributed by atoms with Gasteiger partial charge < -0.3 is 54.3 Å². The summed E-state index contributed by atoms with van der Waals surface area (Å²) in [6.07, 6.45) is -3.44. The molecule has 7 rings (SSSR count). The standard InChI is InChI=1S/C42H66O13/c1-37(2)15-17-42(36(49)50)18-16-40(6)21(22(42)19-37)9-10-25-39(5)13-12-26(38(3,4)24(39)11-14-41(25,40)7)53-35-30(47)31(29(46)32(55-35)33(48)51-8)54-34-28(45)27(44)23(43)20-52-34/h9,22-32,34-35,43-47H,10-20H2,1-8H3,(H,49,50)/t22-,23-,24-,25+,26-,27-,28+,29-,30+,31-,32-,34-,35+,39-,40+,41+,42-/m0/s1. The summed E-state index contributed by atoms with van der Waals surface area (Å²) in [6.45, 7) is 16.0. The maximum atomic E-state index is 13.1. The number of carbonyl (C=O) groups excluding carboxylic acids is 1. The van der Waals surface area contributed by atoms with E-state index in [1.165, 1.54) is 5.57 Å². The monoisotopic (exact) mass is 778 g/mol. The molecule has 0 aromatic rings. The van der Waals surface area contributed by atoms with E-state index in [2.05, 4.69) is 54.5 Å². The lowest BCUT2D eigenvalue weighted by Gasteiger charge is -2.71. The summed E-state index contributed by atoms with van der Waals surface area (Å²) >= 11 is 0. The number of carbonyl (C=O) groups is 2. The summed E-state index contributed by atoms with van der Waals surface area (Å²) < 4.78 is 28.7. The van der Waals surface area contributed by atoms with Crippen molar-refractivity contribution in [3.8, 4) is 0 Å². The number of esters is 1. The SMILES string of the molecule is COC(=O)[C@H]1O[C@@H](O[C@H]2CC[C@]3(C)[C@H]4CC=C5[C@@H]6CC(C)(C)CC[C@]6(C(=O)O)CC[C@@]5(C)[C@]4(C)CC[C@H]3C2(C)C)[C@H](O)[C@@H](O[C@@H]2OC[C@H](O)[C@H](O)[C@H]2O)[C@@H]1O. The van der Waals surface area contributed by atoms with Crippen molar-refractivity contribution in [3.05, 3.63) is 11.6 Å². The molecule has 7 aliphatic rings. The van der Waals surface area contributed by atoms with Crippen molar-refractivity contribution < 1.29 is 63.9 Å². The first-order chi connectivity index (χ1) is 25.6. The quantitative estimate of drug-likeness (QED) is 0.130. The van der Waals surface area contributed by atoms with Crippen LogP contribution in [0.4, 0.5) is 0 Å². The van der Waals surface area contributed by atoms with Crippen LogP contribution in [-0.4, -0.2) is 118 Å². The fraction of sp³-hybridized carbons (Fsp3) is 0.905. The maximum Gasteiger partial charge on any atom is 0.337 e. The Labute approximate surface area is 325 Å². The fourth-order valence-corrected chi connectivity index (χ4v) is 13.5. The molecule has 0 bridgehead atoms. The van der Waals surface area contributed by atoms with Gasteiger partial charge in [0.25, 0.3) is 0 Å². The zero-order valence-corrected chi connectivity index (χ0v) is 33.9. The predicted octanol–water partition coefficient (Wildman–Crippen LogP) is 3.70. The Morgan fingerprint density at radius 3 is 2.15 bits per heavy atom. The lowest BCUT2D eigenvalue weighted by molar-refractivity contribution is -0.357. The first-order valence-corrected chi connectivity index (χ1v) is 20.6. The summed E-state index contributed by atoms with van der Waals surface area (Å²) in [4.78, 5) is 25.9. The predicted molar refractivity (Wildman–Crippen MR) is 197 cm³/mol. The second-order valence-electron chi connectivity index (χ2n) is 20.4. The number of aliphatic hydroxyl groups excluding tert-OH is 5. The van der Waals surface area contributed by atoms with Crippen LogP contribution in [0.1, 0.15) is 113 Å². The normalized spacial score (nSPS) is 51.7. The molecule has 4 saturated carbocycles. The third-order valence-corrected chi connectivity index (χ3v) is 17.0. The number of hydrogen-bond acceptors (Lipinski definition) is 12.